The van der Waals surface area contributed by atoms with Crippen LogP contribution in [0, 0.1) is 22.9 Å². The fraction of sp³-hybridized carbons (Fsp3) is 0.182. The lowest BCUT2D eigenvalue weighted by Gasteiger charge is -2.07. The summed E-state index contributed by atoms with van der Waals surface area (Å²) in [5.74, 6) is 0.0523. The van der Waals surface area contributed by atoms with Crippen LogP contribution in [0.1, 0.15) is 11.4 Å². The Hall–Kier alpha value is -2.44. The predicted molar refractivity (Wildman–Crippen MR) is 63.7 cm³/mol. The van der Waals surface area contributed by atoms with Gasteiger partial charge in [-0.3, -0.25) is 10.1 Å². The van der Waals surface area contributed by atoms with Crippen molar-refractivity contribution >= 4 is 11.4 Å². The molecule has 0 amide bonds. The van der Waals surface area contributed by atoms with Gasteiger partial charge < -0.3 is 10.3 Å². The molecule has 2 rings (SSSR count). The molecule has 1 heterocycles. The van der Waals surface area contributed by atoms with Crippen LogP contribution in [0.5, 0.6) is 0 Å². The second-order valence-corrected chi connectivity index (χ2v) is 3.77. The molecule has 2 aromatic rings. The van der Waals surface area contributed by atoms with Gasteiger partial charge in [-0.2, -0.15) is 0 Å². The number of nitro benzene ring substituents is 1. The SMILES string of the molecule is Cc1cc(NCc2ncc[nH]2)c([N+](=O)[O-])cc1F. The number of nitrogens with zero attached hydrogens (tertiary/aromatic N) is 2. The number of imidazole rings is 1. The number of aromatic nitrogens is 2. The molecule has 0 radical (unpaired) electrons. The molecule has 0 saturated heterocycles. The number of hydrogen-bond acceptors (Lipinski definition) is 4. The summed E-state index contributed by atoms with van der Waals surface area (Å²) in [6.07, 6.45) is 3.24. The Bertz CT molecular complexity index is 569. The maximum absolute atomic E-state index is 13.3. The summed E-state index contributed by atoms with van der Waals surface area (Å²) >= 11 is 0. The lowest BCUT2D eigenvalue weighted by atomic mass is 10.2. The third-order valence-electron chi connectivity index (χ3n) is 2.47. The highest BCUT2D eigenvalue weighted by Crippen LogP contribution is 2.27. The molecular weight excluding hydrogens is 239 g/mol. The van der Waals surface area contributed by atoms with Crippen LogP contribution in [0.2, 0.25) is 0 Å². The van der Waals surface area contributed by atoms with Gasteiger partial charge in [0.2, 0.25) is 0 Å². The van der Waals surface area contributed by atoms with E-state index in [2.05, 4.69) is 15.3 Å². The number of hydrogen-bond donors (Lipinski definition) is 2. The molecule has 0 saturated carbocycles. The normalized spacial score (nSPS) is 10.3. The Morgan fingerprint density at radius 2 is 2.33 bits per heavy atom. The van der Waals surface area contributed by atoms with E-state index in [-0.39, 0.29) is 11.4 Å². The zero-order valence-electron chi connectivity index (χ0n) is 9.61. The van der Waals surface area contributed by atoms with Gasteiger partial charge in [0.05, 0.1) is 17.5 Å². The van der Waals surface area contributed by atoms with E-state index >= 15 is 0 Å². The number of nitro groups is 1. The smallest absolute Gasteiger partial charge is 0.295 e. The molecule has 1 aromatic heterocycles. The number of rotatable bonds is 4. The number of benzene rings is 1. The first-order valence-corrected chi connectivity index (χ1v) is 5.24. The number of anilines is 1. The van der Waals surface area contributed by atoms with Crippen molar-refractivity contribution in [1.29, 1.82) is 0 Å². The molecule has 18 heavy (non-hydrogen) atoms. The van der Waals surface area contributed by atoms with E-state index in [9.17, 15) is 14.5 Å². The number of aromatic amines is 1. The Labute approximate surface area is 102 Å². The standard InChI is InChI=1S/C11H11FN4O2/c1-7-4-9(10(16(17)18)5-8(7)12)15-6-11-13-2-3-14-11/h2-5,15H,6H2,1H3,(H,13,14). The number of halogens is 1. The Balaban J connectivity index is 2.25. The van der Waals surface area contributed by atoms with Crippen LogP contribution < -0.4 is 5.32 Å². The summed E-state index contributed by atoms with van der Waals surface area (Å²) in [6, 6.07) is 2.33. The molecular formula is C11H11FN4O2. The summed E-state index contributed by atoms with van der Waals surface area (Å²) in [4.78, 5) is 17.1. The van der Waals surface area contributed by atoms with Crippen LogP contribution in [0.25, 0.3) is 0 Å². The van der Waals surface area contributed by atoms with Crippen LogP contribution in [0.4, 0.5) is 15.8 Å². The molecule has 1 aromatic carbocycles. The summed E-state index contributed by atoms with van der Waals surface area (Å²) < 4.78 is 13.3. The number of H-pyrrole nitrogens is 1. The van der Waals surface area contributed by atoms with E-state index in [1.165, 1.54) is 6.07 Å². The second kappa shape index (κ2) is 4.82. The van der Waals surface area contributed by atoms with Crippen LogP contribution in [0.3, 0.4) is 0 Å². The van der Waals surface area contributed by atoms with Crippen LogP contribution in [-0.4, -0.2) is 14.9 Å². The van der Waals surface area contributed by atoms with Gasteiger partial charge in [-0.25, -0.2) is 9.37 Å². The van der Waals surface area contributed by atoms with Gasteiger partial charge >= 0.3 is 0 Å². The fourth-order valence-electron chi connectivity index (χ4n) is 1.54. The van der Waals surface area contributed by atoms with Gasteiger partial charge in [-0.1, -0.05) is 0 Å². The van der Waals surface area contributed by atoms with Gasteiger partial charge in [0.15, 0.2) is 0 Å². The predicted octanol–water partition coefficient (Wildman–Crippen LogP) is 2.38. The summed E-state index contributed by atoms with van der Waals surface area (Å²) in [5.41, 5.74) is 0.336. The van der Waals surface area contributed by atoms with Crippen molar-refractivity contribution < 1.29 is 9.31 Å². The van der Waals surface area contributed by atoms with Gasteiger partial charge in [-0.15, -0.1) is 0 Å². The number of nitrogens with one attached hydrogen (secondary N) is 2. The molecule has 0 aliphatic carbocycles. The highest BCUT2D eigenvalue weighted by Gasteiger charge is 2.16. The van der Waals surface area contributed by atoms with Crippen molar-refractivity contribution in [3.63, 3.8) is 0 Å². The molecule has 94 valence electrons. The van der Waals surface area contributed by atoms with Gasteiger partial charge in [0, 0.05) is 12.4 Å². The molecule has 2 N–H and O–H groups in total. The molecule has 0 atom stereocenters. The van der Waals surface area contributed by atoms with E-state index < -0.39 is 10.7 Å². The molecule has 0 aliphatic heterocycles. The quantitative estimate of drug-likeness (QED) is 0.644. The van der Waals surface area contributed by atoms with Gasteiger partial charge in [0.1, 0.15) is 17.3 Å². The van der Waals surface area contributed by atoms with Crippen LogP contribution in [-0.2, 0) is 6.54 Å². The Morgan fingerprint density at radius 1 is 1.56 bits per heavy atom. The van der Waals surface area contributed by atoms with Crippen molar-refractivity contribution in [3.05, 3.63) is 51.8 Å². The van der Waals surface area contributed by atoms with Crippen molar-refractivity contribution in [3.8, 4) is 0 Å². The molecule has 0 unspecified atom stereocenters. The molecule has 0 aliphatic rings. The highest BCUT2D eigenvalue weighted by molar-refractivity contribution is 5.63. The third kappa shape index (κ3) is 2.45. The summed E-state index contributed by atoms with van der Waals surface area (Å²) in [6.45, 7) is 1.86. The minimum Gasteiger partial charge on any atom is -0.372 e. The summed E-state index contributed by atoms with van der Waals surface area (Å²) in [7, 11) is 0. The summed E-state index contributed by atoms with van der Waals surface area (Å²) in [5, 5.41) is 13.7. The average molecular weight is 250 g/mol. The van der Waals surface area contributed by atoms with Gasteiger partial charge in [-0.05, 0) is 18.6 Å². The maximum Gasteiger partial charge on any atom is 0.295 e. The van der Waals surface area contributed by atoms with Crippen molar-refractivity contribution in [2.24, 2.45) is 0 Å². The van der Waals surface area contributed by atoms with Crippen molar-refractivity contribution in [1.82, 2.24) is 9.97 Å². The highest BCUT2D eigenvalue weighted by atomic mass is 19.1. The molecule has 0 bridgehead atoms. The van der Waals surface area contributed by atoms with E-state index in [1.54, 1.807) is 19.3 Å². The largest absolute Gasteiger partial charge is 0.372 e. The van der Waals surface area contributed by atoms with Gasteiger partial charge in [0.25, 0.3) is 5.69 Å². The Morgan fingerprint density at radius 3 is 2.94 bits per heavy atom. The fourth-order valence-corrected chi connectivity index (χ4v) is 1.54. The lowest BCUT2D eigenvalue weighted by molar-refractivity contribution is -0.384. The van der Waals surface area contributed by atoms with Crippen molar-refractivity contribution in [2.45, 2.75) is 13.5 Å². The first-order valence-electron chi connectivity index (χ1n) is 5.24. The van der Waals surface area contributed by atoms with Crippen LogP contribution >= 0.6 is 0 Å². The minimum absolute atomic E-state index is 0.273. The molecule has 6 nitrogen and oxygen atoms in total. The molecule has 7 heteroatoms. The zero-order chi connectivity index (χ0) is 13.1. The monoisotopic (exact) mass is 250 g/mol. The van der Waals surface area contributed by atoms with E-state index in [0.717, 1.165) is 6.07 Å². The lowest BCUT2D eigenvalue weighted by Crippen LogP contribution is -2.05. The molecule has 0 fully saturated rings. The minimum atomic E-state index is -0.618. The van der Waals surface area contributed by atoms with E-state index in [0.29, 0.717) is 17.9 Å². The van der Waals surface area contributed by atoms with E-state index in [4.69, 9.17) is 0 Å². The first kappa shape index (κ1) is 12.0. The van der Waals surface area contributed by atoms with E-state index in [1.807, 2.05) is 0 Å². The zero-order valence-corrected chi connectivity index (χ0v) is 9.61. The first-order chi connectivity index (χ1) is 8.58. The van der Waals surface area contributed by atoms with Crippen LogP contribution in [0.15, 0.2) is 24.5 Å². The average Bonchev–Trinajstić information content (AvgIpc) is 2.83. The Kier molecular flexibility index (Phi) is 3.22. The van der Waals surface area contributed by atoms with Crippen molar-refractivity contribution in [2.75, 3.05) is 5.32 Å². The molecule has 0 spiro atoms. The topological polar surface area (TPSA) is 83.8 Å². The maximum atomic E-state index is 13.3. The third-order valence-corrected chi connectivity index (χ3v) is 2.47. The second-order valence-electron chi connectivity index (χ2n) is 3.77. The number of aryl methyl sites for hydroxylation is 1.